The normalized spacial score (nSPS) is 27.3. The van der Waals surface area contributed by atoms with Crippen LogP contribution < -0.4 is 15.5 Å². The van der Waals surface area contributed by atoms with Crippen molar-refractivity contribution < 1.29 is 13.6 Å². The summed E-state index contributed by atoms with van der Waals surface area (Å²) in [6.45, 7) is 2.00. The summed E-state index contributed by atoms with van der Waals surface area (Å²) in [5, 5.41) is 7.45. The molecule has 0 spiro atoms. The molecule has 1 amide bonds. The van der Waals surface area contributed by atoms with Crippen molar-refractivity contribution >= 4 is 32.6 Å². The minimum atomic E-state index is -2.58. The average Bonchev–Trinajstić information content (AvgIpc) is 3.20. The lowest BCUT2D eigenvalue weighted by Crippen LogP contribution is -2.51. The van der Waals surface area contributed by atoms with Crippen molar-refractivity contribution in [1.29, 1.82) is 0 Å². The summed E-state index contributed by atoms with van der Waals surface area (Å²) in [4.78, 5) is 19.9. The van der Waals surface area contributed by atoms with Crippen molar-refractivity contribution in [3.05, 3.63) is 23.8 Å². The molecule has 5 nitrogen and oxygen atoms in total. The van der Waals surface area contributed by atoms with Crippen LogP contribution in [0.3, 0.4) is 0 Å². The lowest BCUT2D eigenvalue weighted by atomic mass is 9.92. The molecule has 1 aromatic carbocycles. The summed E-state index contributed by atoms with van der Waals surface area (Å²) in [6.07, 6.45) is 2.75. The molecule has 1 saturated carbocycles. The fraction of sp³-hybridized carbons (Fsp3) is 0.600. The number of hydrogen-bond acceptors (Lipinski definition) is 5. The summed E-state index contributed by atoms with van der Waals surface area (Å²) in [6, 6.07) is 6.40. The van der Waals surface area contributed by atoms with Gasteiger partial charge in [-0.3, -0.25) is 4.79 Å². The number of benzene rings is 1. The molecule has 1 aromatic heterocycles. The monoisotopic (exact) mass is 406 g/mol. The number of rotatable bonds is 3. The van der Waals surface area contributed by atoms with E-state index in [-0.39, 0.29) is 24.8 Å². The van der Waals surface area contributed by atoms with Crippen molar-refractivity contribution in [2.75, 3.05) is 18.0 Å². The van der Waals surface area contributed by atoms with Crippen LogP contribution in [0.4, 0.5) is 13.9 Å². The van der Waals surface area contributed by atoms with E-state index in [4.69, 9.17) is 4.98 Å². The second-order valence-electron chi connectivity index (χ2n) is 8.23. The SMILES string of the molecule is O=C(NC1CCC(F)(F)CC1)c1ccc2nc(N3C4CCC3CNC4)sc2c1. The quantitative estimate of drug-likeness (QED) is 0.819. The Hall–Kier alpha value is -1.80. The molecule has 3 aliphatic rings. The van der Waals surface area contributed by atoms with E-state index in [1.54, 1.807) is 17.4 Å². The van der Waals surface area contributed by atoms with E-state index in [2.05, 4.69) is 15.5 Å². The van der Waals surface area contributed by atoms with E-state index in [0.717, 1.165) is 28.4 Å². The number of fused-ring (bicyclic) bond motifs is 3. The molecule has 1 aliphatic carbocycles. The number of alkyl halides is 2. The predicted octanol–water partition coefficient (Wildman–Crippen LogP) is 3.54. The van der Waals surface area contributed by atoms with Gasteiger partial charge in [0.15, 0.2) is 5.13 Å². The van der Waals surface area contributed by atoms with Gasteiger partial charge in [0.2, 0.25) is 5.92 Å². The Morgan fingerprint density at radius 3 is 2.61 bits per heavy atom. The predicted molar refractivity (Wildman–Crippen MR) is 106 cm³/mol. The zero-order chi connectivity index (χ0) is 19.3. The molecule has 0 radical (unpaired) electrons. The highest BCUT2D eigenvalue weighted by Crippen LogP contribution is 2.38. The van der Waals surface area contributed by atoms with Crippen molar-refractivity contribution in [2.24, 2.45) is 0 Å². The van der Waals surface area contributed by atoms with Gasteiger partial charge in [0.1, 0.15) is 0 Å². The maximum Gasteiger partial charge on any atom is 0.251 e. The Kier molecular flexibility index (Phi) is 4.50. The highest BCUT2D eigenvalue weighted by atomic mass is 32.1. The first-order chi connectivity index (χ1) is 13.5. The molecule has 8 heteroatoms. The lowest BCUT2D eigenvalue weighted by molar-refractivity contribution is -0.0399. The molecule has 3 fully saturated rings. The molecule has 5 rings (SSSR count). The summed E-state index contributed by atoms with van der Waals surface area (Å²) in [5.74, 6) is -2.77. The van der Waals surface area contributed by atoms with Crippen molar-refractivity contribution in [3.63, 3.8) is 0 Å². The fourth-order valence-corrected chi connectivity index (χ4v) is 5.86. The van der Waals surface area contributed by atoms with Gasteiger partial charge in [-0.1, -0.05) is 11.3 Å². The van der Waals surface area contributed by atoms with E-state index in [0.29, 0.717) is 30.5 Å². The molecule has 2 saturated heterocycles. The summed E-state index contributed by atoms with van der Waals surface area (Å²) in [5.41, 5.74) is 1.48. The Morgan fingerprint density at radius 2 is 1.89 bits per heavy atom. The molecule has 2 aliphatic heterocycles. The highest BCUT2D eigenvalue weighted by Gasteiger charge is 2.38. The third kappa shape index (κ3) is 3.37. The standard InChI is InChI=1S/C20H24F2N4OS/c21-20(22)7-5-13(6-8-20)24-18(27)12-1-4-16-17(9-12)28-19(25-16)26-14-2-3-15(26)11-23-10-14/h1,4,9,13-15,23H,2-3,5-8,10-11H2,(H,24,27). The minimum absolute atomic E-state index is 0.151. The Balaban J connectivity index is 1.32. The second-order valence-corrected chi connectivity index (χ2v) is 9.24. The van der Waals surface area contributed by atoms with Gasteiger partial charge in [0.25, 0.3) is 5.91 Å². The second kappa shape index (κ2) is 6.91. The van der Waals surface area contributed by atoms with E-state index in [1.165, 1.54) is 12.8 Å². The van der Waals surface area contributed by atoms with Crippen LogP contribution in [0.5, 0.6) is 0 Å². The van der Waals surface area contributed by atoms with Crippen LogP contribution in [-0.2, 0) is 0 Å². The Bertz CT molecular complexity index is 875. The van der Waals surface area contributed by atoms with E-state index < -0.39 is 5.92 Å². The number of nitrogens with zero attached hydrogens (tertiary/aromatic N) is 2. The maximum absolute atomic E-state index is 13.3. The number of thiazole rings is 1. The summed E-state index contributed by atoms with van der Waals surface area (Å²) >= 11 is 1.64. The van der Waals surface area contributed by atoms with Gasteiger partial charge in [-0.2, -0.15) is 0 Å². The fourth-order valence-electron chi connectivity index (χ4n) is 4.71. The van der Waals surface area contributed by atoms with Gasteiger partial charge < -0.3 is 15.5 Å². The van der Waals surface area contributed by atoms with Crippen LogP contribution in [0.15, 0.2) is 18.2 Å². The molecule has 28 heavy (non-hydrogen) atoms. The highest BCUT2D eigenvalue weighted by molar-refractivity contribution is 7.22. The third-order valence-electron chi connectivity index (χ3n) is 6.29. The van der Waals surface area contributed by atoms with Crippen LogP contribution in [-0.4, -0.2) is 48.0 Å². The number of anilines is 1. The lowest BCUT2D eigenvalue weighted by Gasteiger charge is -2.35. The number of halogens is 2. The third-order valence-corrected chi connectivity index (χ3v) is 7.32. The van der Waals surface area contributed by atoms with E-state index in [1.807, 2.05) is 12.1 Å². The van der Waals surface area contributed by atoms with Gasteiger partial charge in [-0.15, -0.1) is 0 Å². The molecular formula is C20H24F2N4OS. The molecule has 3 heterocycles. The zero-order valence-electron chi connectivity index (χ0n) is 15.6. The molecule has 150 valence electrons. The average molecular weight is 407 g/mol. The topological polar surface area (TPSA) is 57.3 Å². The van der Waals surface area contributed by atoms with Crippen LogP contribution in [0.1, 0.15) is 48.9 Å². The minimum Gasteiger partial charge on any atom is -0.349 e. The number of carbonyl (C=O) groups is 1. The first-order valence-corrected chi connectivity index (χ1v) is 10.9. The van der Waals surface area contributed by atoms with Crippen molar-refractivity contribution in [2.45, 2.75) is 62.6 Å². The maximum atomic E-state index is 13.3. The van der Waals surface area contributed by atoms with Crippen LogP contribution in [0.2, 0.25) is 0 Å². The Morgan fingerprint density at radius 1 is 1.18 bits per heavy atom. The van der Waals surface area contributed by atoms with Gasteiger partial charge in [-0.25, -0.2) is 13.8 Å². The number of piperazine rings is 1. The first-order valence-electron chi connectivity index (χ1n) is 10.1. The molecule has 2 unspecified atom stereocenters. The van der Waals surface area contributed by atoms with Crippen molar-refractivity contribution in [3.8, 4) is 0 Å². The number of nitrogens with one attached hydrogen (secondary N) is 2. The number of aromatic nitrogens is 1. The smallest absolute Gasteiger partial charge is 0.251 e. The van der Waals surface area contributed by atoms with Crippen LogP contribution in [0.25, 0.3) is 10.2 Å². The van der Waals surface area contributed by atoms with Gasteiger partial charge in [0, 0.05) is 49.6 Å². The zero-order valence-corrected chi connectivity index (χ0v) is 16.4. The molecule has 2 bridgehead atoms. The number of carbonyl (C=O) groups excluding carboxylic acids is 1. The van der Waals surface area contributed by atoms with E-state index >= 15 is 0 Å². The van der Waals surface area contributed by atoms with Gasteiger partial charge >= 0.3 is 0 Å². The molecule has 2 atom stereocenters. The molecular weight excluding hydrogens is 382 g/mol. The summed E-state index contributed by atoms with van der Waals surface area (Å²) < 4.78 is 27.6. The van der Waals surface area contributed by atoms with Crippen LogP contribution >= 0.6 is 11.3 Å². The largest absolute Gasteiger partial charge is 0.349 e. The Labute approximate surface area is 166 Å². The first kappa shape index (κ1) is 18.2. The van der Waals surface area contributed by atoms with Crippen molar-refractivity contribution in [1.82, 2.24) is 15.6 Å². The van der Waals surface area contributed by atoms with E-state index in [9.17, 15) is 13.6 Å². The molecule has 2 aromatic rings. The molecule has 2 N–H and O–H groups in total. The summed E-state index contributed by atoms with van der Waals surface area (Å²) in [7, 11) is 0. The number of amides is 1. The van der Waals surface area contributed by atoms with Crippen LogP contribution in [0, 0.1) is 0 Å². The van der Waals surface area contributed by atoms with Gasteiger partial charge in [-0.05, 0) is 43.9 Å². The van der Waals surface area contributed by atoms with Gasteiger partial charge in [0.05, 0.1) is 10.2 Å². The number of hydrogen-bond donors (Lipinski definition) is 2.